The summed E-state index contributed by atoms with van der Waals surface area (Å²) in [4.78, 5) is 1.93. The maximum absolute atomic E-state index is 11.7. The predicted octanol–water partition coefficient (Wildman–Crippen LogP) is 1.60. The molecule has 0 aliphatic heterocycles. The van der Waals surface area contributed by atoms with Gasteiger partial charge in [0.15, 0.2) is 0 Å². The van der Waals surface area contributed by atoms with Crippen molar-refractivity contribution < 1.29 is 12.8 Å². The molecule has 0 aromatic carbocycles. The fourth-order valence-corrected chi connectivity index (χ4v) is 2.86. The molecule has 0 saturated carbocycles. The Kier molecular flexibility index (Phi) is 5.84. The highest BCUT2D eigenvalue weighted by Crippen LogP contribution is 2.17. The van der Waals surface area contributed by atoms with Gasteiger partial charge in [0.05, 0.1) is 18.1 Å². The quantitative estimate of drug-likeness (QED) is 0.782. The summed E-state index contributed by atoms with van der Waals surface area (Å²) >= 11 is 0. The van der Waals surface area contributed by atoms with Crippen LogP contribution < -0.4 is 4.72 Å². The van der Waals surface area contributed by atoms with Crippen LogP contribution in [0.25, 0.3) is 0 Å². The van der Waals surface area contributed by atoms with Crippen LogP contribution in [0.15, 0.2) is 22.8 Å². The van der Waals surface area contributed by atoms with Crippen molar-refractivity contribution in [2.24, 2.45) is 0 Å². The van der Waals surface area contributed by atoms with Crippen LogP contribution in [0.5, 0.6) is 0 Å². The molecular formula is C12H22N2O3S. The molecule has 0 fully saturated rings. The number of furan rings is 1. The average Bonchev–Trinajstić information content (AvgIpc) is 2.79. The molecule has 1 heterocycles. The molecular weight excluding hydrogens is 252 g/mol. The Hall–Kier alpha value is -0.850. The zero-order chi connectivity index (χ0) is 13.6. The van der Waals surface area contributed by atoms with Crippen molar-refractivity contribution in [1.82, 2.24) is 9.62 Å². The van der Waals surface area contributed by atoms with Gasteiger partial charge in [-0.3, -0.25) is 4.90 Å². The van der Waals surface area contributed by atoms with Crippen molar-refractivity contribution >= 4 is 10.0 Å². The first kappa shape index (κ1) is 15.2. The van der Waals surface area contributed by atoms with E-state index in [-0.39, 0.29) is 11.8 Å². The van der Waals surface area contributed by atoms with Gasteiger partial charge in [0, 0.05) is 6.54 Å². The summed E-state index contributed by atoms with van der Waals surface area (Å²) in [7, 11) is 0.611. The smallest absolute Gasteiger partial charge is 0.211 e. The van der Waals surface area contributed by atoms with Gasteiger partial charge in [0.25, 0.3) is 0 Å². The van der Waals surface area contributed by atoms with Gasteiger partial charge in [0.1, 0.15) is 5.76 Å². The van der Waals surface area contributed by atoms with Crippen LogP contribution in [0.1, 0.15) is 31.6 Å². The van der Waals surface area contributed by atoms with E-state index in [1.54, 1.807) is 12.3 Å². The Morgan fingerprint density at radius 1 is 1.44 bits per heavy atom. The minimum atomic E-state index is -3.18. The van der Waals surface area contributed by atoms with Gasteiger partial charge >= 0.3 is 0 Å². The lowest BCUT2D eigenvalue weighted by atomic mass is 10.2. The number of rotatable bonds is 8. The van der Waals surface area contributed by atoms with Gasteiger partial charge in [0.2, 0.25) is 10.0 Å². The Morgan fingerprint density at radius 3 is 2.67 bits per heavy atom. The maximum atomic E-state index is 11.7. The zero-order valence-corrected chi connectivity index (χ0v) is 12.0. The fourth-order valence-electron chi connectivity index (χ4n) is 1.63. The fraction of sp³-hybridized carbons (Fsp3) is 0.667. The third-order valence-corrected chi connectivity index (χ3v) is 4.19. The molecule has 1 unspecified atom stereocenters. The number of nitrogens with zero attached hydrogens (tertiary/aromatic N) is 1. The molecule has 0 aliphatic rings. The van der Waals surface area contributed by atoms with Gasteiger partial charge in [-0.1, -0.05) is 13.3 Å². The van der Waals surface area contributed by atoms with E-state index in [1.807, 2.05) is 32.0 Å². The standard InChI is InChI=1S/C12H22N2O3S/c1-4-5-9-18(15,16)13-10-11(14(2)3)12-7-6-8-17-12/h6-8,11,13H,4-5,9-10H2,1-3H3. The first-order valence-electron chi connectivity index (χ1n) is 6.13. The van der Waals surface area contributed by atoms with E-state index >= 15 is 0 Å². The second-order valence-corrected chi connectivity index (χ2v) is 6.44. The SMILES string of the molecule is CCCCS(=O)(=O)NCC(c1ccco1)N(C)C. The molecule has 1 atom stereocenters. The summed E-state index contributed by atoms with van der Waals surface area (Å²) in [5.41, 5.74) is 0. The molecule has 1 aromatic rings. The molecule has 18 heavy (non-hydrogen) atoms. The molecule has 0 saturated heterocycles. The van der Waals surface area contributed by atoms with Gasteiger partial charge in [-0.05, 0) is 32.6 Å². The van der Waals surface area contributed by atoms with Crippen LogP contribution >= 0.6 is 0 Å². The Morgan fingerprint density at radius 2 is 2.17 bits per heavy atom. The molecule has 5 nitrogen and oxygen atoms in total. The number of nitrogens with one attached hydrogen (secondary N) is 1. The van der Waals surface area contributed by atoms with E-state index in [0.29, 0.717) is 13.0 Å². The lowest BCUT2D eigenvalue weighted by molar-refractivity contribution is 0.259. The summed E-state index contributed by atoms with van der Waals surface area (Å²) in [6.45, 7) is 2.30. The topological polar surface area (TPSA) is 62.6 Å². The largest absolute Gasteiger partial charge is 0.468 e. The molecule has 0 radical (unpaired) electrons. The highest BCUT2D eigenvalue weighted by molar-refractivity contribution is 7.89. The number of hydrogen-bond acceptors (Lipinski definition) is 4. The number of likely N-dealkylation sites (N-methyl/N-ethyl adjacent to an activating group) is 1. The van der Waals surface area contributed by atoms with Crippen molar-refractivity contribution in [3.63, 3.8) is 0 Å². The minimum Gasteiger partial charge on any atom is -0.468 e. The number of hydrogen-bond donors (Lipinski definition) is 1. The molecule has 0 bridgehead atoms. The summed E-state index contributed by atoms with van der Waals surface area (Å²) < 4.78 is 31.4. The van der Waals surface area contributed by atoms with Crippen molar-refractivity contribution in [2.45, 2.75) is 25.8 Å². The van der Waals surface area contributed by atoms with E-state index in [4.69, 9.17) is 4.42 Å². The maximum Gasteiger partial charge on any atom is 0.211 e. The van der Waals surface area contributed by atoms with Crippen molar-refractivity contribution in [2.75, 3.05) is 26.4 Å². The first-order valence-corrected chi connectivity index (χ1v) is 7.78. The summed E-state index contributed by atoms with van der Waals surface area (Å²) in [5.74, 6) is 0.945. The van der Waals surface area contributed by atoms with Crippen LogP contribution in [0.2, 0.25) is 0 Å². The average molecular weight is 274 g/mol. The molecule has 0 spiro atoms. The van der Waals surface area contributed by atoms with Crippen LogP contribution in [0.3, 0.4) is 0 Å². The number of unbranched alkanes of at least 4 members (excludes halogenated alkanes) is 1. The van der Waals surface area contributed by atoms with Gasteiger partial charge < -0.3 is 4.42 Å². The summed E-state index contributed by atoms with van der Waals surface area (Å²) in [6.07, 6.45) is 3.15. The van der Waals surface area contributed by atoms with Gasteiger partial charge in [-0.25, -0.2) is 13.1 Å². The normalized spacial score (nSPS) is 14.0. The zero-order valence-electron chi connectivity index (χ0n) is 11.2. The molecule has 1 aromatic heterocycles. The molecule has 6 heteroatoms. The number of sulfonamides is 1. The lowest BCUT2D eigenvalue weighted by Crippen LogP contribution is -2.35. The van der Waals surface area contributed by atoms with Crippen molar-refractivity contribution in [3.8, 4) is 0 Å². The Labute approximate surface area is 109 Å². The highest BCUT2D eigenvalue weighted by atomic mass is 32.2. The Balaban J connectivity index is 2.59. The second-order valence-electron chi connectivity index (χ2n) is 4.52. The van der Waals surface area contributed by atoms with Crippen LogP contribution in [-0.4, -0.2) is 39.7 Å². The van der Waals surface area contributed by atoms with E-state index < -0.39 is 10.0 Å². The lowest BCUT2D eigenvalue weighted by Gasteiger charge is -2.22. The van der Waals surface area contributed by atoms with Gasteiger partial charge in [-0.2, -0.15) is 0 Å². The first-order chi connectivity index (χ1) is 8.46. The van der Waals surface area contributed by atoms with E-state index in [9.17, 15) is 8.42 Å². The molecule has 1 rings (SSSR count). The third-order valence-electron chi connectivity index (χ3n) is 2.76. The molecule has 0 aliphatic carbocycles. The molecule has 1 N–H and O–H groups in total. The predicted molar refractivity (Wildman–Crippen MR) is 71.8 cm³/mol. The van der Waals surface area contributed by atoms with Gasteiger partial charge in [-0.15, -0.1) is 0 Å². The molecule has 0 amide bonds. The van der Waals surface area contributed by atoms with E-state index in [2.05, 4.69) is 4.72 Å². The Bertz CT molecular complexity index is 426. The van der Waals surface area contributed by atoms with Crippen LogP contribution in [0, 0.1) is 0 Å². The summed E-state index contributed by atoms with van der Waals surface area (Å²) in [6, 6.07) is 3.57. The van der Waals surface area contributed by atoms with E-state index in [1.165, 1.54) is 0 Å². The second kappa shape index (κ2) is 6.92. The monoisotopic (exact) mass is 274 g/mol. The molecule has 104 valence electrons. The summed E-state index contributed by atoms with van der Waals surface area (Å²) in [5, 5.41) is 0. The minimum absolute atomic E-state index is 0.0867. The van der Waals surface area contributed by atoms with E-state index in [0.717, 1.165) is 12.2 Å². The van der Waals surface area contributed by atoms with Crippen molar-refractivity contribution in [1.29, 1.82) is 0 Å². The van der Waals surface area contributed by atoms with Crippen molar-refractivity contribution in [3.05, 3.63) is 24.2 Å². The van der Waals surface area contributed by atoms with Crippen LogP contribution in [0.4, 0.5) is 0 Å². The highest BCUT2D eigenvalue weighted by Gasteiger charge is 2.19. The van der Waals surface area contributed by atoms with Crippen LogP contribution in [-0.2, 0) is 10.0 Å². The third kappa shape index (κ3) is 4.80.